The van der Waals surface area contributed by atoms with E-state index in [0.717, 1.165) is 6.42 Å². The molecule has 0 aliphatic heterocycles. The quantitative estimate of drug-likeness (QED) is 0.306. The molecule has 0 aromatic rings. The first kappa shape index (κ1) is 17.1. The Bertz CT molecular complexity index is 229. The summed E-state index contributed by atoms with van der Waals surface area (Å²) in [6.07, 6.45) is 0.731. The van der Waals surface area contributed by atoms with E-state index in [2.05, 4.69) is 11.3 Å². The fraction of sp³-hybridized carbons (Fsp3) is 0.750. The highest BCUT2D eigenvalue weighted by Crippen LogP contribution is 1.95. The van der Waals surface area contributed by atoms with Gasteiger partial charge in [-0.15, -0.1) is 0 Å². The molecule has 0 bridgehead atoms. The number of carbonyl (C=O) groups excluding carboxylic acids is 1. The molecule has 6 nitrogen and oxygen atoms in total. The zero-order chi connectivity index (χ0) is 13.6. The van der Waals surface area contributed by atoms with Crippen molar-refractivity contribution in [3.05, 3.63) is 12.2 Å². The Morgan fingerprint density at radius 2 is 1.67 bits per heavy atom. The van der Waals surface area contributed by atoms with Gasteiger partial charge in [0.05, 0.1) is 45.7 Å². The van der Waals surface area contributed by atoms with E-state index in [9.17, 15) is 4.79 Å². The first-order valence-electron chi connectivity index (χ1n) is 5.82. The van der Waals surface area contributed by atoms with Gasteiger partial charge in [0.2, 0.25) is 0 Å². The van der Waals surface area contributed by atoms with Gasteiger partial charge in [-0.1, -0.05) is 6.58 Å². The molecule has 0 aromatic heterocycles. The van der Waals surface area contributed by atoms with Gasteiger partial charge < -0.3 is 24.1 Å². The lowest BCUT2D eigenvalue weighted by Gasteiger charge is -2.06. The molecule has 0 radical (unpaired) electrons. The molecule has 0 fully saturated rings. The third-order valence-corrected chi connectivity index (χ3v) is 1.94. The van der Waals surface area contributed by atoms with E-state index in [1.54, 1.807) is 0 Å². The summed E-state index contributed by atoms with van der Waals surface area (Å²) < 4.78 is 20.0. The Morgan fingerprint density at radius 3 is 2.28 bits per heavy atom. The molecule has 0 saturated carbocycles. The second-order valence-corrected chi connectivity index (χ2v) is 3.45. The van der Waals surface area contributed by atoms with E-state index in [1.165, 1.54) is 7.11 Å². The molecular formula is C12H22O6. The Kier molecular flexibility index (Phi) is 11.8. The monoisotopic (exact) mass is 262 g/mol. The maximum atomic E-state index is 10.9. The Labute approximate surface area is 107 Å². The van der Waals surface area contributed by atoms with Crippen molar-refractivity contribution in [1.82, 2.24) is 0 Å². The lowest BCUT2D eigenvalue weighted by atomic mass is 10.3. The second-order valence-electron chi connectivity index (χ2n) is 3.45. The first-order chi connectivity index (χ1) is 8.72. The molecule has 0 unspecified atom stereocenters. The van der Waals surface area contributed by atoms with Crippen molar-refractivity contribution in [2.75, 3.05) is 53.4 Å². The van der Waals surface area contributed by atoms with Crippen LogP contribution in [0.15, 0.2) is 12.2 Å². The topological polar surface area (TPSA) is 74.2 Å². The maximum absolute atomic E-state index is 10.9. The highest BCUT2D eigenvalue weighted by atomic mass is 16.5. The summed E-state index contributed by atoms with van der Waals surface area (Å²) in [6.45, 7) is 6.09. The average molecular weight is 262 g/mol. The van der Waals surface area contributed by atoms with E-state index >= 15 is 0 Å². The van der Waals surface area contributed by atoms with E-state index in [1.807, 2.05) is 0 Å². The van der Waals surface area contributed by atoms with Gasteiger partial charge in [-0.25, -0.2) is 4.79 Å². The van der Waals surface area contributed by atoms with Crippen LogP contribution < -0.4 is 0 Å². The minimum absolute atomic E-state index is 0.0257. The first-order valence-corrected chi connectivity index (χ1v) is 5.82. The fourth-order valence-electron chi connectivity index (χ4n) is 1.05. The van der Waals surface area contributed by atoms with E-state index in [-0.39, 0.29) is 13.2 Å². The highest BCUT2D eigenvalue weighted by molar-refractivity contribution is 5.87. The molecule has 0 aromatic carbocycles. The lowest BCUT2D eigenvalue weighted by molar-refractivity contribution is -0.136. The molecular weight excluding hydrogens is 240 g/mol. The number of ether oxygens (including phenoxy) is 4. The van der Waals surface area contributed by atoms with Crippen LogP contribution in [-0.2, 0) is 23.7 Å². The Balaban J connectivity index is 3.16. The van der Waals surface area contributed by atoms with Gasteiger partial charge in [0.15, 0.2) is 0 Å². The molecule has 0 spiro atoms. The van der Waals surface area contributed by atoms with Crippen LogP contribution in [0.4, 0.5) is 0 Å². The van der Waals surface area contributed by atoms with E-state index in [0.29, 0.717) is 38.6 Å². The number of aliphatic hydroxyl groups excluding tert-OH is 1. The average Bonchev–Trinajstić information content (AvgIpc) is 2.39. The van der Waals surface area contributed by atoms with Gasteiger partial charge in [-0.2, -0.15) is 0 Å². The molecule has 0 aliphatic carbocycles. The molecule has 0 aliphatic rings. The third-order valence-electron chi connectivity index (χ3n) is 1.94. The largest absolute Gasteiger partial charge is 0.466 e. The number of hydrogen-bond acceptors (Lipinski definition) is 6. The van der Waals surface area contributed by atoms with Crippen molar-refractivity contribution < 1.29 is 28.8 Å². The number of rotatable bonds is 12. The van der Waals surface area contributed by atoms with Gasteiger partial charge in [0.1, 0.15) is 0 Å². The highest BCUT2D eigenvalue weighted by Gasteiger charge is 2.05. The zero-order valence-electron chi connectivity index (χ0n) is 10.9. The molecule has 1 N–H and O–H groups in total. The number of carbonyl (C=O) groups is 1. The Morgan fingerprint density at radius 1 is 1.06 bits per heavy atom. The second kappa shape index (κ2) is 12.5. The smallest absolute Gasteiger partial charge is 0.335 e. The molecule has 0 amide bonds. The summed E-state index contributed by atoms with van der Waals surface area (Å²) >= 11 is 0. The summed E-state index contributed by atoms with van der Waals surface area (Å²) in [6, 6.07) is 0. The SMILES string of the molecule is C=C(COCCCOCCOCCO)C(=O)OC. The van der Waals surface area contributed by atoms with Gasteiger partial charge in [-0.3, -0.25) is 0 Å². The van der Waals surface area contributed by atoms with Crippen LogP contribution in [0, 0.1) is 0 Å². The van der Waals surface area contributed by atoms with Crippen molar-refractivity contribution in [3.63, 3.8) is 0 Å². The molecule has 0 saturated heterocycles. The molecule has 0 heterocycles. The minimum Gasteiger partial charge on any atom is -0.466 e. The number of hydrogen-bond donors (Lipinski definition) is 1. The van der Waals surface area contributed by atoms with Crippen molar-refractivity contribution in [3.8, 4) is 0 Å². The molecule has 106 valence electrons. The van der Waals surface area contributed by atoms with Crippen molar-refractivity contribution in [2.24, 2.45) is 0 Å². The number of methoxy groups -OCH3 is 1. The van der Waals surface area contributed by atoms with E-state index in [4.69, 9.17) is 19.3 Å². The molecule has 0 rings (SSSR count). The summed E-state index contributed by atoms with van der Waals surface area (Å²) in [5.41, 5.74) is 0.302. The van der Waals surface area contributed by atoms with Crippen LogP contribution in [0.2, 0.25) is 0 Å². The standard InChI is InChI=1S/C12H22O6/c1-11(12(14)15-2)10-18-6-3-5-16-8-9-17-7-4-13/h13H,1,3-10H2,2H3. The minimum atomic E-state index is -0.452. The summed E-state index contributed by atoms with van der Waals surface area (Å²) in [5.74, 6) is -0.452. The van der Waals surface area contributed by atoms with Gasteiger partial charge in [0.25, 0.3) is 0 Å². The van der Waals surface area contributed by atoms with Crippen LogP contribution in [-0.4, -0.2) is 64.4 Å². The predicted octanol–water partition coefficient (Wildman–Crippen LogP) is 0.148. The van der Waals surface area contributed by atoms with Gasteiger partial charge in [0, 0.05) is 13.2 Å². The maximum Gasteiger partial charge on any atom is 0.335 e. The third kappa shape index (κ3) is 10.2. The molecule has 18 heavy (non-hydrogen) atoms. The number of esters is 1. The summed E-state index contributed by atoms with van der Waals surface area (Å²) in [5, 5.41) is 8.45. The van der Waals surface area contributed by atoms with Crippen LogP contribution in [0.25, 0.3) is 0 Å². The Hall–Kier alpha value is -0.950. The zero-order valence-corrected chi connectivity index (χ0v) is 10.9. The number of aliphatic hydroxyl groups is 1. The van der Waals surface area contributed by atoms with E-state index < -0.39 is 5.97 Å². The van der Waals surface area contributed by atoms with Crippen LogP contribution >= 0.6 is 0 Å². The van der Waals surface area contributed by atoms with Crippen LogP contribution in [0.3, 0.4) is 0 Å². The van der Waals surface area contributed by atoms with Crippen molar-refractivity contribution >= 4 is 5.97 Å². The molecule has 6 heteroatoms. The fourth-order valence-corrected chi connectivity index (χ4v) is 1.05. The van der Waals surface area contributed by atoms with Gasteiger partial charge >= 0.3 is 5.97 Å². The van der Waals surface area contributed by atoms with Crippen LogP contribution in [0.1, 0.15) is 6.42 Å². The molecule has 0 atom stereocenters. The van der Waals surface area contributed by atoms with Gasteiger partial charge in [-0.05, 0) is 6.42 Å². The summed E-state index contributed by atoms with van der Waals surface area (Å²) in [7, 11) is 1.31. The van der Waals surface area contributed by atoms with Crippen LogP contribution in [0.5, 0.6) is 0 Å². The normalized spacial score (nSPS) is 10.3. The summed E-state index contributed by atoms with van der Waals surface area (Å²) in [4.78, 5) is 10.9. The predicted molar refractivity (Wildman–Crippen MR) is 65.3 cm³/mol. The van der Waals surface area contributed by atoms with Crippen molar-refractivity contribution in [1.29, 1.82) is 0 Å². The van der Waals surface area contributed by atoms with Crippen molar-refractivity contribution in [2.45, 2.75) is 6.42 Å². The lowest BCUT2D eigenvalue weighted by Crippen LogP contribution is -2.12.